The molecule has 0 saturated heterocycles. The van der Waals surface area contributed by atoms with E-state index in [2.05, 4.69) is 36.9 Å². The molecule has 2 N–H and O–H groups in total. The van der Waals surface area contributed by atoms with E-state index in [9.17, 15) is 13.6 Å². The number of amides is 2. The number of hydrogen-bond acceptors (Lipinski definition) is 3. The fourth-order valence-electron chi connectivity index (χ4n) is 2.54. The van der Waals surface area contributed by atoms with E-state index < -0.39 is 12.2 Å². The first kappa shape index (κ1) is 19.9. The molecule has 0 radical (unpaired) electrons. The first-order chi connectivity index (χ1) is 13.4. The Morgan fingerprint density at radius 1 is 1.21 bits per heavy atom. The molecule has 9 heteroatoms. The molecule has 3 rings (SSSR count). The molecular formula is C19H18BrF2N5O. The lowest BCUT2D eigenvalue weighted by Crippen LogP contribution is -2.31. The van der Waals surface area contributed by atoms with Crippen LogP contribution in [0.1, 0.15) is 23.0 Å². The van der Waals surface area contributed by atoms with E-state index in [1.807, 2.05) is 0 Å². The zero-order valence-electron chi connectivity index (χ0n) is 15.0. The molecule has 3 aromatic rings. The molecule has 6 nitrogen and oxygen atoms in total. The lowest BCUT2D eigenvalue weighted by Gasteiger charge is -2.11. The molecule has 1 unspecified atom stereocenters. The summed E-state index contributed by atoms with van der Waals surface area (Å²) in [7, 11) is 0. The van der Waals surface area contributed by atoms with Gasteiger partial charge in [0.25, 0.3) is 0 Å². The number of carbonyl (C=O) groups excluding carboxylic acids is 1. The van der Waals surface area contributed by atoms with Crippen molar-refractivity contribution in [2.24, 2.45) is 0 Å². The second-order valence-corrected chi connectivity index (χ2v) is 7.04. The third-order valence-corrected chi connectivity index (χ3v) is 4.69. The number of nitrogens with one attached hydrogen (secondary N) is 2. The Balaban J connectivity index is 1.56. The maximum absolute atomic E-state index is 14.2. The van der Waals surface area contributed by atoms with Crippen LogP contribution in [-0.4, -0.2) is 27.6 Å². The molecule has 146 valence electrons. The molecule has 2 aromatic carbocycles. The van der Waals surface area contributed by atoms with Crippen LogP contribution in [0.5, 0.6) is 0 Å². The van der Waals surface area contributed by atoms with Gasteiger partial charge < -0.3 is 5.32 Å². The highest BCUT2D eigenvalue weighted by molar-refractivity contribution is 9.10. The number of nitrogens with zero attached hydrogens (tertiary/aromatic N) is 3. The largest absolute Gasteiger partial charge is 0.335 e. The van der Waals surface area contributed by atoms with E-state index in [1.165, 1.54) is 10.7 Å². The van der Waals surface area contributed by atoms with Gasteiger partial charge in [-0.2, -0.15) is 0 Å². The number of halogens is 3. The summed E-state index contributed by atoms with van der Waals surface area (Å²) >= 11 is 3.29. The number of hydrogen-bond donors (Lipinski definition) is 2. The minimum absolute atomic E-state index is 0.185. The third kappa shape index (κ3) is 4.92. The van der Waals surface area contributed by atoms with E-state index in [4.69, 9.17) is 0 Å². The van der Waals surface area contributed by atoms with Crippen LogP contribution in [-0.2, 0) is 6.54 Å². The normalized spacial score (nSPS) is 11.9. The topological polar surface area (TPSA) is 71.8 Å². The van der Waals surface area contributed by atoms with Crippen molar-refractivity contribution in [1.82, 2.24) is 20.3 Å². The van der Waals surface area contributed by atoms with Gasteiger partial charge in [-0.1, -0.05) is 51.5 Å². The smallest absolute Gasteiger partial charge is 0.320 e. The summed E-state index contributed by atoms with van der Waals surface area (Å²) in [5, 5.41) is 12.8. The second-order valence-electron chi connectivity index (χ2n) is 6.13. The van der Waals surface area contributed by atoms with Crippen LogP contribution in [0.2, 0.25) is 0 Å². The number of anilines is 1. The molecule has 28 heavy (non-hydrogen) atoms. The van der Waals surface area contributed by atoms with Crippen LogP contribution in [0.3, 0.4) is 0 Å². The van der Waals surface area contributed by atoms with E-state index in [1.54, 1.807) is 49.4 Å². The van der Waals surface area contributed by atoms with Crippen molar-refractivity contribution < 1.29 is 13.6 Å². The van der Waals surface area contributed by atoms with Crippen molar-refractivity contribution in [3.05, 3.63) is 75.6 Å². The molecule has 1 heterocycles. The van der Waals surface area contributed by atoms with E-state index >= 15 is 0 Å². The lowest BCUT2D eigenvalue weighted by molar-refractivity contribution is 0.246. The molecule has 0 spiro atoms. The molecule has 1 aromatic heterocycles. The van der Waals surface area contributed by atoms with Crippen LogP contribution in [0.15, 0.2) is 53.0 Å². The van der Waals surface area contributed by atoms with Crippen molar-refractivity contribution in [3.8, 4) is 0 Å². The average Bonchev–Trinajstić information content (AvgIpc) is 3.02. The Labute approximate surface area is 169 Å². The van der Waals surface area contributed by atoms with Crippen molar-refractivity contribution in [2.45, 2.75) is 19.6 Å². The number of urea groups is 1. The number of rotatable bonds is 6. The van der Waals surface area contributed by atoms with Gasteiger partial charge in [0.15, 0.2) is 5.82 Å². The Morgan fingerprint density at radius 2 is 1.93 bits per heavy atom. The highest BCUT2D eigenvalue weighted by Crippen LogP contribution is 2.19. The lowest BCUT2D eigenvalue weighted by atomic mass is 10.1. The fraction of sp³-hybridized carbons (Fsp3) is 0.211. The maximum Gasteiger partial charge on any atom is 0.320 e. The van der Waals surface area contributed by atoms with Gasteiger partial charge >= 0.3 is 6.03 Å². The van der Waals surface area contributed by atoms with Gasteiger partial charge in [0, 0.05) is 10.0 Å². The van der Waals surface area contributed by atoms with Crippen LogP contribution < -0.4 is 10.6 Å². The van der Waals surface area contributed by atoms with E-state index in [0.717, 1.165) is 4.47 Å². The zero-order chi connectivity index (χ0) is 20.1. The van der Waals surface area contributed by atoms with Gasteiger partial charge in [0.2, 0.25) is 0 Å². The predicted molar refractivity (Wildman–Crippen MR) is 105 cm³/mol. The van der Waals surface area contributed by atoms with Gasteiger partial charge in [-0.25, -0.2) is 18.3 Å². The number of benzene rings is 2. The average molecular weight is 450 g/mol. The Morgan fingerprint density at radius 3 is 2.64 bits per heavy atom. The molecule has 0 aliphatic rings. The maximum atomic E-state index is 14.2. The Bertz CT molecular complexity index is 961. The van der Waals surface area contributed by atoms with Crippen LogP contribution in [0, 0.1) is 12.7 Å². The van der Waals surface area contributed by atoms with Crippen LogP contribution >= 0.6 is 15.9 Å². The number of alkyl halides is 1. The quantitative estimate of drug-likeness (QED) is 0.586. The van der Waals surface area contributed by atoms with Crippen molar-refractivity contribution >= 4 is 27.8 Å². The van der Waals surface area contributed by atoms with Gasteiger partial charge in [0.1, 0.15) is 12.0 Å². The molecule has 1 atom stereocenters. The monoisotopic (exact) mass is 449 g/mol. The summed E-state index contributed by atoms with van der Waals surface area (Å²) in [6.07, 6.45) is -1.34. The van der Waals surface area contributed by atoms with Gasteiger partial charge in [0.05, 0.1) is 18.8 Å². The molecule has 2 amide bonds. The minimum Gasteiger partial charge on any atom is -0.335 e. The Kier molecular flexibility index (Phi) is 6.35. The fourth-order valence-corrected chi connectivity index (χ4v) is 2.80. The van der Waals surface area contributed by atoms with Gasteiger partial charge in [-0.3, -0.25) is 5.32 Å². The second kappa shape index (κ2) is 8.92. The molecule has 0 fully saturated rings. The number of aromatic nitrogens is 3. The van der Waals surface area contributed by atoms with Crippen molar-refractivity contribution in [1.29, 1.82) is 0 Å². The first-order valence-corrected chi connectivity index (χ1v) is 9.31. The molecule has 0 aliphatic heterocycles. The highest BCUT2D eigenvalue weighted by Gasteiger charge is 2.15. The first-order valence-electron chi connectivity index (χ1n) is 8.52. The third-order valence-electron chi connectivity index (χ3n) is 4.17. The summed E-state index contributed by atoms with van der Waals surface area (Å²) in [4.78, 5) is 12.0. The Hall–Kier alpha value is -2.81. The SMILES string of the molecule is Cc1c(NC(=O)NCC(F)c2ccc(Br)cc2)nnn1Cc1ccccc1F. The highest BCUT2D eigenvalue weighted by atomic mass is 79.9. The number of carbonyl (C=O) groups is 1. The van der Waals surface area contributed by atoms with E-state index in [0.29, 0.717) is 16.8 Å². The molecular weight excluding hydrogens is 432 g/mol. The van der Waals surface area contributed by atoms with Crippen molar-refractivity contribution in [2.75, 3.05) is 11.9 Å². The summed E-state index contributed by atoms with van der Waals surface area (Å²) in [6, 6.07) is 12.5. The molecule has 0 saturated carbocycles. The zero-order valence-corrected chi connectivity index (χ0v) is 16.6. The summed E-state index contributed by atoms with van der Waals surface area (Å²) in [6.45, 7) is 1.71. The molecule has 0 bridgehead atoms. The van der Waals surface area contributed by atoms with Crippen LogP contribution in [0.4, 0.5) is 19.4 Å². The van der Waals surface area contributed by atoms with Gasteiger partial charge in [-0.15, -0.1) is 5.10 Å². The standard InChI is InChI=1S/C19H18BrF2N5O/c1-12-18(25-26-27(12)11-14-4-2-3-5-16(14)21)24-19(28)23-10-17(22)13-6-8-15(20)9-7-13/h2-9,17H,10-11H2,1H3,(H2,23,24,28). The van der Waals surface area contributed by atoms with Gasteiger partial charge in [-0.05, 0) is 30.7 Å². The van der Waals surface area contributed by atoms with E-state index in [-0.39, 0.29) is 24.7 Å². The van der Waals surface area contributed by atoms with Crippen molar-refractivity contribution in [3.63, 3.8) is 0 Å². The summed E-state index contributed by atoms with van der Waals surface area (Å²) in [5.41, 5.74) is 1.49. The summed E-state index contributed by atoms with van der Waals surface area (Å²) in [5.74, 6) is -0.112. The van der Waals surface area contributed by atoms with Crippen LogP contribution in [0.25, 0.3) is 0 Å². The summed E-state index contributed by atoms with van der Waals surface area (Å²) < 4.78 is 30.3. The minimum atomic E-state index is -1.34. The predicted octanol–water partition coefficient (Wildman–Crippen LogP) is 4.37. The molecule has 0 aliphatic carbocycles.